The summed E-state index contributed by atoms with van der Waals surface area (Å²) in [6.45, 7) is 17.1. The second kappa shape index (κ2) is 16.8. The first-order valence-corrected chi connectivity index (χ1v) is 20.2. The molecule has 0 spiro atoms. The Morgan fingerprint density at radius 3 is 2.52 bits per heavy atom. The first-order valence-electron chi connectivity index (χ1n) is 19.3. The van der Waals surface area contributed by atoms with E-state index in [1.54, 1.807) is 30.3 Å². The van der Waals surface area contributed by atoms with Crippen LogP contribution in [0.5, 0.6) is 11.5 Å². The molecule has 0 radical (unpaired) electrons. The first kappa shape index (κ1) is 40.9. The second-order valence-electron chi connectivity index (χ2n) is 16.3. The number of aromatic hydroxyl groups is 1. The SMILES string of the molecule is C=CCOC(=O)[C@@]1(NC(O)[C@@H]2C[C@@H](Oc3cc(-c4csc(NC(C)C)n4)nc4cc(O)ccc34)CN2C(=O)[C@@H](NC(=O)OC2CCCC2)C(C)(C)C)C[C@H]1C=C. The molecule has 3 aromatic rings. The summed E-state index contributed by atoms with van der Waals surface area (Å²) >= 11 is 1.45. The number of nitrogens with one attached hydrogen (secondary N) is 3. The maximum Gasteiger partial charge on any atom is 0.408 e. The zero-order valence-corrected chi connectivity index (χ0v) is 33.6. The lowest BCUT2D eigenvalue weighted by Gasteiger charge is -2.37. The molecule has 14 nitrogen and oxygen atoms in total. The largest absolute Gasteiger partial charge is 0.508 e. The number of rotatable bonds is 15. The van der Waals surface area contributed by atoms with Crippen molar-refractivity contribution in [3.8, 4) is 22.9 Å². The van der Waals surface area contributed by atoms with E-state index in [1.165, 1.54) is 22.3 Å². The molecule has 6 atom stereocenters. The fourth-order valence-electron chi connectivity index (χ4n) is 7.54. The third-order valence-corrected chi connectivity index (χ3v) is 11.3. The maximum absolute atomic E-state index is 14.7. The number of alkyl carbamates (subject to hydrolysis) is 1. The molecule has 1 aromatic carbocycles. The minimum Gasteiger partial charge on any atom is -0.508 e. The standard InChI is InChI=1S/C41H54N6O8S/c1-8-16-53-37(51)41(20-24(41)9-2)46-35(49)32-18-27(21-47(32)36(50)34(40(5,6)7)45-39(52)55-26-12-10-11-13-26)54-33-19-30(31-22-56-38(44-31)42-23(3)4)43-29-17-25(48)14-15-28(29)33/h8-9,14-15,17,19,22-24,26-27,32,34-35,46,48-49H,1-2,10-13,16,18,20-21H2,3-7H3,(H,42,44)(H,45,52)/t24-,27-,32+,34-,35?,41-/m1/s1. The molecule has 1 unspecified atom stereocenters. The number of nitrogens with zero attached hydrogens (tertiary/aromatic N) is 3. The van der Waals surface area contributed by atoms with Gasteiger partial charge in [-0.25, -0.2) is 14.8 Å². The van der Waals surface area contributed by atoms with Gasteiger partial charge in [0, 0.05) is 41.3 Å². The molecule has 56 heavy (non-hydrogen) atoms. The highest BCUT2D eigenvalue weighted by molar-refractivity contribution is 7.14. The highest BCUT2D eigenvalue weighted by Gasteiger charge is 2.62. The van der Waals surface area contributed by atoms with Crippen molar-refractivity contribution in [3.05, 3.63) is 55.0 Å². The molecule has 2 amide bonds. The lowest BCUT2D eigenvalue weighted by Crippen LogP contribution is -2.60. The Hall–Kier alpha value is -4.73. The van der Waals surface area contributed by atoms with E-state index >= 15 is 0 Å². The minimum atomic E-state index is -1.40. The maximum atomic E-state index is 14.7. The van der Waals surface area contributed by atoms with Crippen molar-refractivity contribution in [3.63, 3.8) is 0 Å². The van der Waals surface area contributed by atoms with Crippen LogP contribution < -0.4 is 20.7 Å². The van der Waals surface area contributed by atoms with Crippen molar-refractivity contribution in [1.82, 2.24) is 25.5 Å². The van der Waals surface area contributed by atoms with Gasteiger partial charge in [0.25, 0.3) is 0 Å². The Balaban J connectivity index is 1.32. The van der Waals surface area contributed by atoms with E-state index in [2.05, 4.69) is 29.1 Å². The average Bonchev–Trinajstić information content (AvgIpc) is 3.55. The van der Waals surface area contributed by atoms with Crippen LogP contribution in [-0.4, -0.2) is 98.3 Å². The number of aliphatic hydroxyl groups excluding tert-OH is 1. The van der Waals surface area contributed by atoms with Crippen molar-refractivity contribution < 1.29 is 38.8 Å². The van der Waals surface area contributed by atoms with Crippen LogP contribution in [0.3, 0.4) is 0 Å². The number of fused-ring (bicyclic) bond motifs is 1. The number of benzene rings is 1. The van der Waals surface area contributed by atoms with E-state index in [-0.39, 0.29) is 43.4 Å². The van der Waals surface area contributed by atoms with E-state index < -0.39 is 53.3 Å². The summed E-state index contributed by atoms with van der Waals surface area (Å²) in [7, 11) is 0. The zero-order valence-electron chi connectivity index (χ0n) is 32.7. The van der Waals surface area contributed by atoms with Gasteiger partial charge < -0.3 is 40.0 Å². The topological polar surface area (TPSA) is 184 Å². The van der Waals surface area contributed by atoms with Crippen LogP contribution in [0.25, 0.3) is 22.3 Å². The lowest BCUT2D eigenvalue weighted by molar-refractivity contribution is -0.148. The van der Waals surface area contributed by atoms with Gasteiger partial charge in [-0.15, -0.1) is 17.9 Å². The number of hydrogen-bond donors (Lipinski definition) is 5. The monoisotopic (exact) mass is 790 g/mol. The summed E-state index contributed by atoms with van der Waals surface area (Å²) in [6, 6.07) is 4.86. The number of pyridine rings is 1. The number of thiazole rings is 1. The number of carbonyl (C=O) groups is 3. The van der Waals surface area contributed by atoms with E-state index in [9.17, 15) is 24.6 Å². The Bertz CT molecular complexity index is 1940. The Morgan fingerprint density at radius 1 is 1.11 bits per heavy atom. The van der Waals surface area contributed by atoms with Crippen LogP contribution in [0, 0.1) is 11.3 Å². The lowest BCUT2D eigenvalue weighted by atomic mass is 9.85. The van der Waals surface area contributed by atoms with Crippen molar-refractivity contribution in [2.45, 2.75) is 115 Å². The molecule has 0 bridgehead atoms. The zero-order chi connectivity index (χ0) is 40.4. The normalized spacial score (nSPS) is 23.4. The number of amides is 2. The molecule has 1 saturated heterocycles. The summed E-state index contributed by atoms with van der Waals surface area (Å²) < 4.78 is 17.8. The number of hydrogen-bond acceptors (Lipinski definition) is 13. The summed E-state index contributed by atoms with van der Waals surface area (Å²) in [5.41, 5.74) is -0.359. The van der Waals surface area contributed by atoms with Gasteiger partial charge in [0.1, 0.15) is 53.8 Å². The van der Waals surface area contributed by atoms with Crippen molar-refractivity contribution in [1.29, 1.82) is 0 Å². The molecule has 1 aliphatic heterocycles. The van der Waals surface area contributed by atoms with Crippen molar-refractivity contribution >= 4 is 45.3 Å². The van der Waals surface area contributed by atoms with Crippen LogP contribution in [0.4, 0.5) is 9.93 Å². The number of likely N-dealkylation sites (tertiary alicyclic amines) is 1. The second-order valence-corrected chi connectivity index (χ2v) is 17.2. The molecule has 2 saturated carbocycles. The van der Waals surface area contributed by atoms with E-state index in [0.29, 0.717) is 34.5 Å². The number of aromatic nitrogens is 2. The number of ether oxygens (including phenoxy) is 3. The number of phenolic OH excluding ortho intramolecular Hbond substituents is 1. The highest BCUT2D eigenvalue weighted by atomic mass is 32.1. The number of phenols is 1. The van der Waals surface area contributed by atoms with Crippen LogP contribution in [0.15, 0.2) is 55.0 Å². The van der Waals surface area contributed by atoms with Gasteiger partial charge in [-0.1, -0.05) is 39.5 Å². The van der Waals surface area contributed by atoms with Crippen LogP contribution in [0.2, 0.25) is 0 Å². The number of anilines is 1. The smallest absolute Gasteiger partial charge is 0.408 e. The molecule has 3 heterocycles. The van der Waals surface area contributed by atoms with Crippen LogP contribution in [0.1, 0.15) is 73.1 Å². The van der Waals surface area contributed by atoms with E-state index in [1.807, 2.05) is 40.0 Å². The van der Waals surface area contributed by atoms with Gasteiger partial charge in [0.2, 0.25) is 5.91 Å². The third kappa shape index (κ3) is 9.11. The minimum absolute atomic E-state index is 0.00182. The molecule has 3 fully saturated rings. The molecular formula is C41H54N6O8S. The fraction of sp³-hybridized carbons (Fsp3) is 0.537. The molecule has 6 rings (SSSR count). The van der Waals surface area contributed by atoms with Crippen LogP contribution >= 0.6 is 11.3 Å². The predicted octanol–water partition coefficient (Wildman–Crippen LogP) is 5.90. The molecular weight excluding hydrogens is 737 g/mol. The van der Waals surface area contributed by atoms with Gasteiger partial charge in [-0.05, 0) is 63.5 Å². The predicted molar refractivity (Wildman–Crippen MR) is 214 cm³/mol. The van der Waals surface area contributed by atoms with Crippen molar-refractivity contribution in [2.24, 2.45) is 11.3 Å². The van der Waals surface area contributed by atoms with Gasteiger partial charge >= 0.3 is 12.1 Å². The quantitative estimate of drug-likeness (QED) is 0.0699. The number of aliphatic hydroxyl groups is 1. The molecule has 3 aliphatic rings. The Morgan fingerprint density at radius 2 is 1.86 bits per heavy atom. The highest BCUT2D eigenvalue weighted by Crippen LogP contribution is 2.46. The number of carbonyl (C=O) groups excluding carboxylic acids is 3. The first-order chi connectivity index (χ1) is 26.6. The molecule has 5 N–H and O–H groups in total. The van der Waals surface area contributed by atoms with E-state index in [0.717, 1.165) is 30.8 Å². The van der Waals surface area contributed by atoms with E-state index in [4.69, 9.17) is 24.2 Å². The molecule has 15 heteroatoms. The van der Waals surface area contributed by atoms with Gasteiger partial charge in [0.05, 0.1) is 23.8 Å². The summed E-state index contributed by atoms with van der Waals surface area (Å²) in [6.07, 6.45) is 4.22. The molecule has 2 aliphatic carbocycles. The molecule has 302 valence electrons. The average molecular weight is 791 g/mol. The van der Waals surface area contributed by atoms with Crippen molar-refractivity contribution in [2.75, 3.05) is 18.5 Å². The van der Waals surface area contributed by atoms with Crippen LogP contribution in [-0.2, 0) is 19.1 Å². The van der Waals surface area contributed by atoms with Gasteiger partial charge in [-0.3, -0.25) is 14.9 Å². The van der Waals surface area contributed by atoms with Gasteiger partial charge in [-0.2, -0.15) is 0 Å². The Kier molecular flexibility index (Phi) is 12.3. The Labute approximate surface area is 331 Å². The third-order valence-electron chi connectivity index (χ3n) is 10.5. The number of esters is 1. The summed E-state index contributed by atoms with van der Waals surface area (Å²) in [4.78, 5) is 52.2. The summed E-state index contributed by atoms with van der Waals surface area (Å²) in [5, 5.41) is 34.8. The van der Waals surface area contributed by atoms with Gasteiger partial charge in [0.15, 0.2) is 5.13 Å². The fourth-order valence-corrected chi connectivity index (χ4v) is 8.39. The summed E-state index contributed by atoms with van der Waals surface area (Å²) in [5.74, 6) is -0.815. The molecule has 2 aromatic heterocycles.